The van der Waals surface area contributed by atoms with Gasteiger partial charge in [-0.15, -0.1) is 0 Å². The molecular weight excluding hydrogens is 478 g/mol. The van der Waals surface area contributed by atoms with Gasteiger partial charge in [0.1, 0.15) is 11.6 Å². The van der Waals surface area contributed by atoms with Gasteiger partial charge < -0.3 is 15.5 Å². The van der Waals surface area contributed by atoms with Gasteiger partial charge in [-0.05, 0) is 48.4 Å². The van der Waals surface area contributed by atoms with E-state index in [4.69, 9.17) is 0 Å². The number of amides is 1. The average molecular weight is 510 g/mol. The van der Waals surface area contributed by atoms with Crippen molar-refractivity contribution in [2.24, 2.45) is 0 Å². The number of hydrogen-bond acceptors (Lipinski definition) is 9. The van der Waals surface area contributed by atoms with Crippen LogP contribution >= 0.6 is 0 Å². The number of nitrogens with zero attached hydrogens (tertiary/aromatic N) is 7. The third-order valence-electron chi connectivity index (χ3n) is 6.40. The van der Waals surface area contributed by atoms with Gasteiger partial charge in [0.2, 0.25) is 11.9 Å². The lowest BCUT2D eigenvalue weighted by Gasteiger charge is -2.34. The Morgan fingerprint density at radius 1 is 0.921 bits per heavy atom. The van der Waals surface area contributed by atoms with Crippen molar-refractivity contribution in [3.05, 3.63) is 90.1 Å². The number of nitrogens with one attached hydrogen (secondary N) is 2. The third kappa shape index (κ3) is 6.65. The van der Waals surface area contributed by atoms with E-state index >= 15 is 0 Å². The van der Waals surface area contributed by atoms with Crippen LogP contribution < -0.4 is 15.5 Å². The van der Waals surface area contributed by atoms with Crippen molar-refractivity contribution in [3.8, 4) is 0 Å². The molecule has 2 N–H and O–H groups in total. The number of benzene rings is 1. The standard InChI is InChI=1S/C28H31N9O/c1-2-24-32-27(33-25-9-8-22(20-30-25)26(38)31-23-6-4-3-5-7-23)35-28(34-24)37-18-16-36(17-19-37)15-12-21-10-13-29-14-11-21/h3-11,13-14,20H,2,12,15-19H2,1H3,(H,31,38)(H,30,32,33,34,35). The van der Waals surface area contributed by atoms with E-state index in [1.54, 1.807) is 12.1 Å². The van der Waals surface area contributed by atoms with Gasteiger partial charge in [-0.1, -0.05) is 25.1 Å². The summed E-state index contributed by atoms with van der Waals surface area (Å²) < 4.78 is 0. The number of hydrogen-bond donors (Lipinski definition) is 2. The summed E-state index contributed by atoms with van der Waals surface area (Å²) in [7, 11) is 0. The lowest BCUT2D eigenvalue weighted by atomic mass is 10.2. The highest BCUT2D eigenvalue weighted by Gasteiger charge is 2.20. The number of aryl methyl sites for hydroxylation is 1. The first kappa shape index (κ1) is 25.2. The van der Waals surface area contributed by atoms with E-state index in [-0.39, 0.29) is 5.91 Å². The highest BCUT2D eigenvalue weighted by atomic mass is 16.1. The molecule has 0 spiro atoms. The lowest BCUT2D eigenvalue weighted by Crippen LogP contribution is -2.47. The van der Waals surface area contributed by atoms with E-state index < -0.39 is 0 Å². The van der Waals surface area contributed by atoms with Gasteiger partial charge in [0.05, 0.1) is 5.56 Å². The summed E-state index contributed by atoms with van der Waals surface area (Å²) in [5.41, 5.74) is 2.51. The van der Waals surface area contributed by atoms with E-state index in [9.17, 15) is 4.79 Å². The summed E-state index contributed by atoms with van der Waals surface area (Å²) in [6.45, 7) is 6.66. The van der Waals surface area contributed by atoms with E-state index in [1.165, 1.54) is 11.8 Å². The molecule has 10 heteroatoms. The molecule has 3 aromatic heterocycles. The predicted octanol–water partition coefficient (Wildman–Crippen LogP) is 3.58. The fourth-order valence-electron chi connectivity index (χ4n) is 4.21. The summed E-state index contributed by atoms with van der Waals surface area (Å²) in [6.07, 6.45) is 6.94. The van der Waals surface area contributed by atoms with Crippen molar-refractivity contribution in [3.63, 3.8) is 0 Å². The Morgan fingerprint density at radius 2 is 1.71 bits per heavy atom. The van der Waals surface area contributed by atoms with Crippen LogP contribution in [0.1, 0.15) is 28.7 Å². The Balaban J connectivity index is 1.19. The highest BCUT2D eigenvalue weighted by Crippen LogP contribution is 2.18. The molecule has 10 nitrogen and oxygen atoms in total. The topological polar surface area (TPSA) is 112 Å². The molecule has 4 heterocycles. The van der Waals surface area contributed by atoms with Crippen LogP contribution in [0.4, 0.5) is 23.4 Å². The van der Waals surface area contributed by atoms with Crippen LogP contribution in [0.15, 0.2) is 73.2 Å². The van der Waals surface area contributed by atoms with Crippen LogP contribution in [0, 0.1) is 0 Å². The number of carbonyl (C=O) groups is 1. The molecule has 0 aliphatic carbocycles. The molecular formula is C28H31N9O. The molecule has 0 unspecified atom stereocenters. The zero-order valence-electron chi connectivity index (χ0n) is 21.4. The Hall–Kier alpha value is -4.44. The van der Waals surface area contributed by atoms with E-state index in [0.29, 0.717) is 29.7 Å². The number of piperazine rings is 1. The van der Waals surface area contributed by atoms with Gasteiger partial charge in [-0.3, -0.25) is 14.7 Å². The first-order chi connectivity index (χ1) is 18.7. The third-order valence-corrected chi connectivity index (χ3v) is 6.40. The summed E-state index contributed by atoms with van der Waals surface area (Å²) >= 11 is 0. The van der Waals surface area contributed by atoms with Crippen molar-refractivity contribution in [2.45, 2.75) is 19.8 Å². The first-order valence-electron chi connectivity index (χ1n) is 12.9. The van der Waals surface area contributed by atoms with Crippen molar-refractivity contribution < 1.29 is 4.79 Å². The number of aromatic nitrogens is 5. The molecule has 0 bridgehead atoms. The SMILES string of the molecule is CCc1nc(Nc2ccc(C(=O)Nc3ccccc3)cn2)nc(N2CCN(CCc3ccncc3)CC2)n1. The lowest BCUT2D eigenvalue weighted by molar-refractivity contribution is 0.102. The van der Waals surface area contributed by atoms with Crippen molar-refractivity contribution in [2.75, 3.05) is 48.3 Å². The molecule has 1 fully saturated rings. The summed E-state index contributed by atoms with van der Waals surface area (Å²) in [5.74, 6) is 2.18. The van der Waals surface area contributed by atoms with Gasteiger partial charge in [-0.25, -0.2) is 4.98 Å². The second kappa shape index (κ2) is 12.2. The molecule has 5 rings (SSSR count). The molecule has 0 saturated carbocycles. The normalized spacial score (nSPS) is 13.8. The molecule has 0 atom stereocenters. The second-order valence-electron chi connectivity index (χ2n) is 9.04. The van der Waals surface area contributed by atoms with Crippen LogP contribution in [0.5, 0.6) is 0 Å². The van der Waals surface area contributed by atoms with Crippen LogP contribution in [-0.2, 0) is 12.8 Å². The monoisotopic (exact) mass is 509 g/mol. The number of para-hydroxylation sites is 1. The van der Waals surface area contributed by atoms with Gasteiger partial charge in [-0.2, -0.15) is 15.0 Å². The van der Waals surface area contributed by atoms with E-state index in [0.717, 1.165) is 50.7 Å². The molecule has 1 amide bonds. The Kier molecular flexibility index (Phi) is 8.10. The Labute approximate surface area is 222 Å². The minimum absolute atomic E-state index is 0.217. The summed E-state index contributed by atoms with van der Waals surface area (Å²) in [4.78, 5) is 39.6. The van der Waals surface area contributed by atoms with Crippen LogP contribution in [-0.4, -0.2) is 68.5 Å². The number of pyridine rings is 2. The zero-order chi connectivity index (χ0) is 26.2. The van der Waals surface area contributed by atoms with Crippen molar-refractivity contribution >= 4 is 29.3 Å². The molecule has 4 aromatic rings. The summed E-state index contributed by atoms with van der Waals surface area (Å²) in [5, 5.41) is 6.04. The smallest absolute Gasteiger partial charge is 0.257 e. The fourth-order valence-corrected chi connectivity index (χ4v) is 4.21. The largest absolute Gasteiger partial charge is 0.338 e. The first-order valence-corrected chi connectivity index (χ1v) is 12.9. The molecule has 0 radical (unpaired) electrons. The molecule has 194 valence electrons. The minimum atomic E-state index is -0.217. The average Bonchev–Trinajstić information content (AvgIpc) is 2.97. The van der Waals surface area contributed by atoms with Crippen molar-refractivity contribution in [1.82, 2.24) is 29.8 Å². The minimum Gasteiger partial charge on any atom is -0.338 e. The number of rotatable bonds is 9. The number of carbonyl (C=O) groups excluding carboxylic acids is 1. The molecule has 1 saturated heterocycles. The quantitative estimate of drug-likeness (QED) is 0.350. The molecule has 1 aromatic carbocycles. The van der Waals surface area contributed by atoms with Gasteiger partial charge in [0.15, 0.2) is 0 Å². The maximum Gasteiger partial charge on any atom is 0.257 e. The van der Waals surface area contributed by atoms with Crippen molar-refractivity contribution in [1.29, 1.82) is 0 Å². The van der Waals surface area contributed by atoms with Gasteiger partial charge >= 0.3 is 0 Å². The number of anilines is 4. The molecule has 38 heavy (non-hydrogen) atoms. The highest BCUT2D eigenvalue weighted by molar-refractivity contribution is 6.04. The van der Waals surface area contributed by atoms with Gasteiger partial charge in [0.25, 0.3) is 5.91 Å². The Morgan fingerprint density at radius 3 is 2.42 bits per heavy atom. The van der Waals surface area contributed by atoms with E-state index in [1.807, 2.05) is 49.6 Å². The fraction of sp³-hybridized carbons (Fsp3) is 0.286. The second-order valence-corrected chi connectivity index (χ2v) is 9.04. The van der Waals surface area contributed by atoms with Crippen LogP contribution in [0.2, 0.25) is 0 Å². The van der Waals surface area contributed by atoms with Crippen LogP contribution in [0.25, 0.3) is 0 Å². The van der Waals surface area contributed by atoms with Crippen LogP contribution in [0.3, 0.4) is 0 Å². The van der Waals surface area contributed by atoms with E-state index in [2.05, 4.69) is 57.5 Å². The van der Waals surface area contributed by atoms with Gasteiger partial charge in [0, 0.05) is 63.4 Å². The Bertz CT molecular complexity index is 1330. The molecule has 1 aliphatic rings. The maximum atomic E-state index is 12.5. The predicted molar refractivity (Wildman–Crippen MR) is 148 cm³/mol. The molecule has 1 aliphatic heterocycles. The zero-order valence-corrected chi connectivity index (χ0v) is 21.4. The maximum absolute atomic E-state index is 12.5. The summed E-state index contributed by atoms with van der Waals surface area (Å²) in [6, 6.07) is 16.9.